The molecule has 1 aromatic heterocycles. The average molecular weight is 439 g/mol. The normalized spacial score (nSPS) is 16.0. The van der Waals surface area contributed by atoms with Crippen molar-refractivity contribution in [3.05, 3.63) is 47.6 Å². The number of benzene rings is 1. The van der Waals surface area contributed by atoms with Crippen molar-refractivity contribution in [3.8, 4) is 0 Å². The molecule has 0 saturated carbocycles. The van der Waals surface area contributed by atoms with Crippen LogP contribution in [0.15, 0.2) is 40.0 Å². The van der Waals surface area contributed by atoms with Gasteiger partial charge in [0, 0.05) is 52.4 Å². The van der Waals surface area contributed by atoms with Gasteiger partial charge in [-0.3, -0.25) is 14.6 Å². The number of aliphatic imine (C=N–C) groups is 1. The summed E-state index contributed by atoms with van der Waals surface area (Å²) in [6.07, 6.45) is 1.57. The van der Waals surface area contributed by atoms with Crippen LogP contribution in [0.5, 0.6) is 0 Å². The van der Waals surface area contributed by atoms with Gasteiger partial charge in [-0.25, -0.2) is 12.8 Å². The molecule has 164 valence electrons. The Hall–Kier alpha value is -2.66. The predicted octanol–water partition coefficient (Wildman–Crippen LogP) is 1.26. The van der Waals surface area contributed by atoms with Gasteiger partial charge in [-0.15, -0.1) is 0 Å². The first kappa shape index (κ1) is 22.0. The summed E-state index contributed by atoms with van der Waals surface area (Å²) in [7, 11) is -1.94. The van der Waals surface area contributed by atoms with E-state index < -0.39 is 15.8 Å². The van der Waals surface area contributed by atoms with Gasteiger partial charge in [-0.1, -0.05) is 11.2 Å². The number of piperazine rings is 1. The van der Waals surface area contributed by atoms with Crippen LogP contribution in [0.4, 0.5) is 10.1 Å². The summed E-state index contributed by atoms with van der Waals surface area (Å²) in [5.74, 6) is 0.0530. The molecular formula is C19H27FN6O3S. The molecule has 1 aromatic carbocycles. The second-order valence-corrected chi connectivity index (χ2v) is 8.95. The Morgan fingerprint density at radius 1 is 1.27 bits per heavy atom. The molecule has 0 amide bonds. The molecule has 1 aliphatic heterocycles. The Labute approximate surface area is 176 Å². The maximum Gasteiger partial charge on any atom is 0.234 e. The smallest absolute Gasteiger partial charge is 0.234 e. The van der Waals surface area contributed by atoms with Gasteiger partial charge in [0.2, 0.25) is 10.0 Å². The van der Waals surface area contributed by atoms with Crippen molar-refractivity contribution in [2.24, 2.45) is 4.99 Å². The van der Waals surface area contributed by atoms with E-state index in [1.54, 1.807) is 26.3 Å². The summed E-state index contributed by atoms with van der Waals surface area (Å²) < 4.78 is 45.5. The van der Waals surface area contributed by atoms with Crippen LogP contribution in [0.1, 0.15) is 11.3 Å². The van der Waals surface area contributed by atoms with Crippen LogP contribution in [-0.4, -0.2) is 74.9 Å². The van der Waals surface area contributed by atoms with Gasteiger partial charge < -0.3 is 14.7 Å². The van der Waals surface area contributed by atoms with E-state index in [0.717, 1.165) is 38.4 Å². The van der Waals surface area contributed by atoms with E-state index in [2.05, 4.69) is 30.0 Å². The Balaban J connectivity index is 1.44. The Morgan fingerprint density at radius 3 is 2.67 bits per heavy atom. The molecular weight excluding hydrogens is 411 g/mol. The molecule has 1 aliphatic rings. The topological polar surface area (TPSA) is 103 Å². The van der Waals surface area contributed by atoms with Crippen LogP contribution in [0.25, 0.3) is 0 Å². The van der Waals surface area contributed by atoms with Gasteiger partial charge in [0.05, 0.1) is 17.1 Å². The van der Waals surface area contributed by atoms with E-state index in [1.807, 2.05) is 6.07 Å². The highest BCUT2D eigenvalue weighted by Crippen LogP contribution is 2.15. The maximum atomic E-state index is 13.6. The molecule has 0 radical (unpaired) electrons. The van der Waals surface area contributed by atoms with Crippen molar-refractivity contribution >= 4 is 21.7 Å². The monoisotopic (exact) mass is 438 g/mol. The zero-order valence-electron chi connectivity index (χ0n) is 17.1. The van der Waals surface area contributed by atoms with E-state index in [9.17, 15) is 12.8 Å². The molecule has 3 rings (SSSR count). The first-order valence-corrected chi connectivity index (χ1v) is 11.4. The quantitative estimate of drug-likeness (QED) is 0.495. The number of nitrogens with one attached hydrogen (secondary N) is 2. The molecule has 11 heteroatoms. The van der Waals surface area contributed by atoms with Gasteiger partial charge in [0.25, 0.3) is 0 Å². The lowest BCUT2D eigenvalue weighted by Gasteiger charge is -2.36. The van der Waals surface area contributed by atoms with Crippen molar-refractivity contribution in [1.82, 2.24) is 20.3 Å². The highest BCUT2D eigenvalue weighted by Gasteiger charge is 2.21. The molecule has 2 aromatic rings. The summed E-state index contributed by atoms with van der Waals surface area (Å²) in [6, 6.07) is 6.11. The zero-order chi connectivity index (χ0) is 21.6. The van der Waals surface area contributed by atoms with Gasteiger partial charge in [-0.2, -0.15) is 0 Å². The Morgan fingerprint density at radius 2 is 2.03 bits per heavy atom. The molecule has 0 atom stereocenters. The first-order valence-electron chi connectivity index (χ1n) is 9.70. The summed E-state index contributed by atoms with van der Waals surface area (Å²) in [5.41, 5.74) is 1.58. The zero-order valence-corrected chi connectivity index (χ0v) is 18.0. The average Bonchev–Trinajstić information content (AvgIpc) is 3.22. The van der Waals surface area contributed by atoms with Crippen LogP contribution in [0, 0.1) is 12.7 Å². The van der Waals surface area contributed by atoms with Crippen molar-refractivity contribution in [3.63, 3.8) is 0 Å². The lowest BCUT2D eigenvalue weighted by atomic mass is 10.2. The third-order valence-electron chi connectivity index (χ3n) is 4.86. The van der Waals surface area contributed by atoms with Gasteiger partial charge in [0.1, 0.15) is 12.1 Å². The number of halogens is 1. The number of hydrogen-bond donors (Lipinski definition) is 2. The number of hydrogen-bond acceptors (Lipinski definition) is 6. The van der Waals surface area contributed by atoms with Crippen LogP contribution in [0.2, 0.25) is 0 Å². The number of aromatic nitrogens is 1. The lowest BCUT2D eigenvalue weighted by Crippen LogP contribution is -2.52. The summed E-state index contributed by atoms with van der Waals surface area (Å²) in [4.78, 5) is 8.62. The minimum Gasteiger partial charge on any atom is -0.364 e. The van der Waals surface area contributed by atoms with E-state index >= 15 is 0 Å². The van der Waals surface area contributed by atoms with E-state index in [-0.39, 0.29) is 18.0 Å². The summed E-state index contributed by atoms with van der Waals surface area (Å²) in [5, 5.41) is 7.03. The van der Waals surface area contributed by atoms with Gasteiger partial charge in [-0.05, 0) is 24.6 Å². The highest BCUT2D eigenvalue weighted by atomic mass is 32.2. The number of guanidine groups is 1. The van der Waals surface area contributed by atoms with E-state index in [1.165, 1.54) is 12.1 Å². The van der Waals surface area contributed by atoms with Crippen molar-refractivity contribution in [2.45, 2.75) is 13.5 Å². The number of rotatable bonds is 7. The molecule has 2 heterocycles. The fraction of sp³-hybridized carbons (Fsp3) is 0.474. The lowest BCUT2D eigenvalue weighted by molar-refractivity contribution is 0.169. The van der Waals surface area contributed by atoms with Crippen molar-refractivity contribution < 1.29 is 17.3 Å². The Kier molecular flexibility index (Phi) is 7.27. The molecule has 0 spiro atoms. The van der Waals surface area contributed by atoms with E-state index in [0.29, 0.717) is 11.5 Å². The van der Waals surface area contributed by atoms with Crippen LogP contribution in [-0.2, 0) is 16.6 Å². The second-order valence-electron chi connectivity index (χ2n) is 7.11. The first-order chi connectivity index (χ1) is 14.4. The third kappa shape index (κ3) is 6.17. The molecule has 2 N–H and O–H groups in total. The third-order valence-corrected chi connectivity index (χ3v) is 6.15. The fourth-order valence-corrected chi connectivity index (χ4v) is 4.14. The molecule has 0 aliphatic carbocycles. The van der Waals surface area contributed by atoms with Crippen LogP contribution in [0.3, 0.4) is 0 Å². The molecule has 0 unspecified atom stereocenters. The van der Waals surface area contributed by atoms with Gasteiger partial charge >= 0.3 is 0 Å². The van der Waals surface area contributed by atoms with Crippen molar-refractivity contribution in [1.29, 1.82) is 0 Å². The van der Waals surface area contributed by atoms with Crippen molar-refractivity contribution in [2.75, 3.05) is 50.2 Å². The standard InChI is InChI=1S/C19H27FN6O3S/c1-15-3-4-16(13-18(15)20)24-30(27,28)12-6-22-19(21-2)26-9-7-25(8-10-26)14-17-5-11-29-23-17/h3-5,11,13,24H,6-10,12,14H2,1-2H3,(H,21,22). The molecule has 1 saturated heterocycles. The molecule has 9 nitrogen and oxygen atoms in total. The summed E-state index contributed by atoms with van der Waals surface area (Å²) in [6.45, 7) is 5.77. The number of sulfonamides is 1. The largest absolute Gasteiger partial charge is 0.364 e. The molecule has 30 heavy (non-hydrogen) atoms. The van der Waals surface area contributed by atoms with Gasteiger partial charge in [0.15, 0.2) is 5.96 Å². The minimum atomic E-state index is -3.61. The van der Waals surface area contributed by atoms with Crippen LogP contribution >= 0.6 is 0 Å². The second kappa shape index (κ2) is 9.90. The van der Waals surface area contributed by atoms with E-state index in [4.69, 9.17) is 4.52 Å². The molecule has 1 fully saturated rings. The molecule has 0 bridgehead atoms. The maximum absolute atomic E-state index is 13.6. The predicted molar refractivity (Wildman–Crippen MR) is 113 cm³/mol. The SMILES string of the molecule is CN=C(NCCS(=O)(=O)Nc1ccc(C)c(F)c1)N1CCN(Cc2ccon2)CC1. The minimum absolute atomic E-state index is 0.159. The Bertz CT molecular complexity index is 957. The fourth-order valence-electron chi connectivity index (χ4n) is 3.18. The number of aryl methyl sites for hydroxylation is 1. The number of nitrogens with zero attached hydrogens (tertiary/aromatic N) is 4. The van der Waals surface area contributed by atoms with Crippen LogP contribution < -0.4 is 10.0 Å². The number of anilines is 1. The highest BCUT2D eigenvalue weighted by molar-refractivity contribution is 7.92. The summed E-state index contributed by atoms with van der Waals surface area (Å²) >= 11 is 0.